The van der Waals surface area contributed by atoms with Crippen molar-refractivity contribution in [3.63, 3.8) is 0 Å². The van der Waals surface area contributed by atoms with Crippen LogP contribution in [-0.4, -0.2) is 27.3 Å². The Labute approximate surface area is 98.1 Å². The Morgan fingerprint density at radius 3 is 2.35 bits per heavy atom. The van der Waals surface area contributed by atoms with Crippen molar-refractivity contribution in [2.45, 2.75) is 6.92 Å². The highest BCUT2D eigenvalue weighted by Gasteiger charge is 2.04. The number of carbonyl (C=O) groups excluding carboxylic acids is 1. The molecule has 8 heteroatoms. The van der Waals surface area contributed by atoms with Gasteiger partial charge in [0.05, 0.1) is 12.2 Å². The van der Waals surface area contributed by atoms with E-state index in [4.69, 9.17) is 29.7 Å². The van der Waals surface area contributed by atoms with Gasteiger partial charge >= 0.3 is 13.8 Å². The van der Waals surface area contributed by atoms with Crippen LogP contribution >= 0.6 is 7.82 Å². The summed E-state index contributed by atoms with van der Waals surface area (Å²) in [5, 5.41) is 0. The number of esters is 1. The van der Waals surface area contributed by atoms with E-state index < -0.39 is 7.82 Å². The van der Waals surface area contributed by atoms with E-state index in [-0.39, 0.29) is 5.97 Å². The highest BCUT2D eigenvalue weighted by atomic mass is 31.2. The molecule has 0 fully saturated rings. The van der Waals surface area contributed by atoms with E-state index in [1.807, 2.05) is 0 Å². The van der Waals surface area contributed by atoms with E-state index in [0.29, 0.717) is 17.9 Å². The quantitative estimate of drug-likeness (QED) is 0.347. The fourth-order valence-corrected chi connectivity index (χ4v) is 0.880. The SMILES string of the molecule is CCOC(=O)c1cccc(N)c1.O=P(O)(O)O. The lowest BCUT2D eigenvalue weighted by molar-refractivity contribution is 0.0526. The first-order chi connectivity index (χ1) is 7.74. The topological polar surface area (TPSA) is 130 Å². The Bertz CT molecular complexity index is 407. The Morgan fingerprint density at radius 1 is 1.41 bits per heavy atom. The summed E-state index contributed by atoms with van der Waals surface area (Å²) in [7, 11) is -4.64. The molecular weight excluding hydrogens is 249 g/mol. The number of nitrogens with two attached hydrogens (primary N) is 1. The van der Waals surface area contributed by atoms with Crippen molar-refractivity contribution in [1.82, 2.24) is 0 Å². The van der Waals surface area contributed by atoms with Crippen LogP contribution in [0.2, 0.25) is 0 Å². The minimum atomic E-state index is -4.64. The van der Waals surface area contributed by atoms with Crippen molar-refractivity contribution in [3.8, 4) is 0 Å². The van der Waals surface area contributed by atoms with Crippen LogP contribution in [0.25, 0.3) is 0 Å². The lowest BCUT2D eigenvalue weighted by Crippen LogP contribution is -2.04. The minimum absolute atomic E-state index is 0.329. The molecule has 0 bridgehead atoms. The van der Waals surface area contributed by atoms with E-state index in [2.05, 4.69) is 0 Å². The van der Waals surface area contributed by atoms with Crippen molar-refractivity contribution in [2.75, 3.05) is 12.3 Å². The number of carbonyl (C=O) groups is 1. The van der Waals surface area contributed by atoms with Gasteiger partial charge in [-0.1, -0.05) is 6.07 Å². The zero-order chi connectivity index (χ0) is 13.5. The van der Waals surface area contributed by atoms with Crippen molar-refractivity contribution in [3.05, 3.63) is 29.8 Å². The summed E-state index contributed by atoms with van der Waals surface area (Å²) in [4.78, 5) is 32.7. The van der Waals surface area contributed by atoms with Crippen LogP contribution in [-0.2, 0) is 9.30 Å². The molecule has 1 rings (SSSR count). The number of nitrogen functional groups attached to an aromatic ring is 1. The third kappa shape index (κ3) is 9.52. The Hall–Kier alpha value is -1.40. The number of ether oxygens (including phenoxy) is 1. The standard InChI is InChI=1S/C9H11NO2.H3O4P/c1-2-12-9(11)7-4-3-5-8(10)6-7;1-5(2,3)4/h3-6H,2,10H2,1H3;(H3,1,2,3,4). The predicted molar refractivity (Wildman–Crippen MR) is 61.1 cm³/mol. The second-order valence-corrected chi connectivity index (χ2v) is 3.89. The van der Waals surface area contributed by atoms with E-state index in [1.165, 1.54) is 0 Å². The molecule has 1 aromatic rings. The van der Waals surface area contributed by atoms with Crippen LogP contribution in [0.5, 0.6) is 0 Å². The zero-order valence-corrected chi connectivity index (χ0v) is 10.0. The zero-order valence-electron chi connectivity index (χ0n) is 9.11. The number of hydrogen-bond acceptors (Lipinski definition) is 4. The summed E-state index contributed by atoms with van der Waals surface area (Å²) in [5.41, 5.74) is 6.55. The van der Waals surface area contributed by atoms with Gasteiger partial charge in [-0.05, 0) is 25.1 Å². The summed E-state index contributed by atoms with van der Waals surface area (Å²) in [6.07, 6.45) is 0. The number of rotatable bonds is 2. The smallest absolute Gasteiger partial charge is 0.462 e. The van der Waals surface area contributed by atoms with Gasteiger partial charge in [-0.15, -0.1) is 0 Å². The van der Waals surface area contributed by atoms with Crippen molar-refractivity contribution in [2.24, 2.45) is 0 Å². The molecule has 5 N–H and O–H groups in total. The fraction of sp³-hybridized carbons (Fsp3) is 0.222. The van der Waals surface area contributed by atoms with E-state index in [1.54, 1.807) is 31.2 Å². The largest absolute Gasteiger partial charge is 0.466 e. The Morgan fingerprint density at radius 2 is 1.94 bits per heavy atom. The van der Waals surface area contributed by atoms with Crippen molar-refractivity contribution in [1.29, 1.82) is 0 Å². The minimum Gasteiger partial charge on any atom is -0.462 e. The maximum atomic E-state index is 11.1. The van der Waals surface area contributed by atoms with Gasteiger partial charge in [0.15, 0.2) is 0 Å². The molecule has 0 aromatic heterocycles. The molecule has 0 atom stereocenters. The van der Waals surface area contributed by atoms with Crippen LogP contribution in [0.3, 0.4) is 0 Å². The molecule has 0 unspecified atom stereocenters. The Balaban J connectivity index is 0.000000437. The van der Waals surface area contributed by atoms with Gasteiger partial charge in [-0.3, -0.25) is 0 Å². The van der Waals surface area contributed by atoms with Gasteiger partial charge in [0, 0.05) is 5.69 Å². The monoisotopic (exact) mass is 263 g/mol. The first-order valence-electron chi connectivity index (χ1n) is 4.55. The molecule has 0 aliphatic carbocycles. The lowest BCUT2D eigenvalue weighted by Gasteiger charge is -2.01. The molecule has 1 aromatic carbocycles. The van der Waals surface area contributed by atoms with Crippen LogP contribution in [0.1, 0.15) is 17.3 Å². The normalized spacial score (nSPS) is 10.1. The lowest BCUT2D eigenvalue weighted by atomic mass is 10.2. The molecule has 0 radical (unpaired) electrons. The third-order valence-electron chi connectivity index (χ3n) is 1.40. The summed E-state index contributed by atoms with van der Waals surface area (Å²) >= 11 is 0. The highest BCUT2D eigenvalue weighted by molar-refractivity contribution is 7.45. The van der Waals surface area contributed by atoms with Gasteiger partial charge < -0.3 is 25.2 Å². The summed E-state index contributed by atoms with van der Waals surface area (Å²) in [6.45, 7) is 2.15. The predicted octanol–water partition coefficient (Wildman–Crippen LogP) is 0.517. The van der Waals surface area contributed by atoms with Gasteiger partial charge in [-0.2, -0.15) is 0 Å². The molecule has 0 aliphatic rings. The van der Waals surface area contributed by atoms with E-state index in [9.17, 15) is 4.79 Å². The molecule has 0 heterocycles. The van der Waals surface area contributed by atoms with Gasteiger partial charge in [0.25, 0.3) is 0 Å². The third-order valence-corrected chi connectivity index (χ3v) is 1.40. The van der Waals surface area contributed by atoms with Gasteiger partial charge in [-0.25, -0.2) is 9.36 Å². The maximum Gasteiger partial charge on any atom is 0.466 e. The summed E-state index contributed by atoms with van der Waals surface area (Å²) < 4.78 is 13.7. The summed E-state index contributed by atoms with van der Waals surface area (Å²) in [5.74, 6) is -0.329. The number of anilines is 1. The van der Waals surface area contributed by atoms with Crippen LogP contribution in [0.4, 0.5) is 5.69 Å². The maximum absolute atomic E-state index is 11.1. The molecular formula is C9H14NO6P. The van der Waals surface area contributed by atoms with E-state index in [0.717, 1.165) is 0 Å². The molecule has 96 valence electrons. The number of phosphoric acid groups is 1. The number of hydrogen-bond donors (Lipinski definition) is 4. The van der Waals surface area contributed by atoms with Crippen molar-refractivity contribution >= 4 is 19.5 Å². The molecule has 0 saturated heterocycles. The fourth-order valence-electron chi connectivity index (χ4n) is 0.880. The first kappa shape index (κ1) is 15.6. The molecule has 17 heavy (non-hydrogen) atoms. The molecule has 0 spiro atoms. The highest BCUT2D eigenvalue weighted by Crippen LogP contribution is 2.25. The van der Waals surface area contributed by atoms with Crippen LogP contribution in [0, 0.1) is 0 Å². The van der Waals surface area contributed by atoms with Crippen LogP contribution in [0.15, 0.2) is 24.3 Å². The van der Waals surface area contributed by atoms with Crippen LogP contribution < -0.4 is 5.73 Å². The van der Waals surface area contributed by atoms with Gasteiger partial charge in [0.1, 0.15) is 0 Å². The van der Waals surface area contributed by atoms with Crippen molar-refractivity contribution < 1.29 is 28.8 Å². The number of benzene rings is 1. The van der Waals surface area contributed by atoms with Gasteiger partial charge in [0.2, 0.25) is 0 Å². The second kappa shape index (κ2) is 7.03. The Kier molecular flexibility index (Phi) is 6.45. The van der Waals surface area contributed by atoms with E-state index >= 15 is 0 Å². The average Bonchev–Trinajstić information content (AvgIpc) is 2.15. The summed E-state index contributed by atoms with van der Waals surface area (Å²) in [6, 6.07) is 6.72. The molecule has 0 saturated carbocycles. The molecule has 0 aliphatic heterocycles. The first-order valence-corrected chi connectivity index (χ1v) is 6.11. The average molecular weight is 263 g/mol. The second-order valence-electron chi connectivity index (χ2n) is 2.86. The molecule has 0 amide bonds. The molecule has 7 nitrogen and oxygen atoms in total.